The van der Waals surface area contributed by atoms with Crippen LogP contribution in [-0.4, -0.2) is 44.7 Å². The lowest BCUT2D eigenvalue weighted by Crippen LogP contribution is -2.34. The Hall–Kier alpha value is -0.770. The van der Waals surface area contributed by atoms with Crippen LogP contribution in [0.4, 0.5) is 0 Å². The van der Waals surface area contributed by atoms with E-state index in [4.69, 9.17) is 16.3 Å². The molecule has 0 saturated carbocycles. The molecule has 1 rings (SSSR count). The third-order valence-corrected chi connectivity index (χ3v) is 4.04. The molecule has 0 aromatic heterocycles. The summed E-state index contributed by atoms with van der Waals surface area (Å²) in [5.74, 6) is 0.914. The molecule has 3 nitrogen and oxygen atoms in total. The van der Waals surface area contributed by atoms with Gasteiger partial charge in [-0.2, -0.15) is 0 Å². The van der Waals surface area contributed by atoms with E-state index < -0.39 is 0 Å². The van der Waals surface area contributed by atoms with Gasteiger partial charge >= 0.3 is 0 Å². The average molecular weight is 299 g/mol. The molecule has 0 saturated heterocycles. The molecule has 0 aliphatic heterocycles. The van der Waals surface area contributed by atoms with Crippen molar-refractivity contribution in [2.24, 2.45) is 0 Å². The van der Waals surface area contributed by atoms with Crippen LogP contribution in [0, 0.1) is 0 Å². The molecule has 1 atom stereocenters. The molecule has 0 radical (unpaired) electrons. The van der Waals surface area contributed by atoms with Gasteiger partial charge in [-0.25, -0.2) is 0 Å². The number of hydrogen-bond acceptors (Lipinski definition) is 3. The second kappa shape index (κ2) is 9.22. The maximum absolute atomic E-state index is 6.09. The minimum atomic E-state index is 0.433. The minimum Gasteiger partial charge on any atom is -0.496 e. The Morgan fingerprint density at radius 3 is 2.55 bits per heavy atom. The number of nitrogens with zero attached hydrogens (tertiary/aromatic N) is 1. The third kappa shape index (κ3) is 5.31. The SMILES string of the molecule is CCN(CC)CCC(Cc1cc(Cl)ccc1OC)NC. The van der Waals surface area contributed by atoms with Gasteiger partial charge in [-0.15, -0.1) is 0 Å². The van der Waals surface area contributed by atoms with Gasteiger partial charge < -0.3 is 15.0 Å². The lowest BCUT2D eigenvalue weighted by Gasteiger charge is -2.23. The van der Waals surface area contributed by atoms with E-state index >= 15 is 0 Å². The van der Waals surface area contributed by atoms with Gasteiger partial charge in [0.2, 0.25) is 0 Å². The molecular weight excluding hydrogens is 272 g/mol. The lowest BCUT2D eigenvalue weighted by molar-refractivity contribution is 0.282. The Morgan fingerprint density at radius 2 is 2.00 bits per heavy atom. The predicted octanol–water partition coefficient (Wildman–Crippen LogP) is 3.21. The molecule has 1 aromatic carbocycles. The van der Waals surface area contributed by atoms with Crippen molar-refractivity contribution in [3.63, 3.8) is 0 Å². The summed E-state index contributed by atoms with van der Waals surface area (Å²) in [6.45, 7) is 7.73. The first-order chi connectivity index (χ1) is 9.64. The number of hydrogen-bond donors (Lipinski definition) is 1. The quantitative estimate of drug-likeness (QED) is 0.757. The Labute approximate surface area is 128 Å². The van der Waals surface area contributed by atoms with Crippen LogP contribution in [0.1, 0.15) is 25.8 Å². The molecule has 20 heavy (non-hydrogen) atoms. The molecule has 114 valence electrons. The largest absolute Gasteiger partial charge is 0.496 e. The summed E-state index contributed by atoms with van der Waals surface area (Å²) in [4.78, 5) is 2.44. The number of methoxy groups -OCH3 is 1. The summed E-state index contributed by atoms with van der Waals surface area (Å²) in [5.41, 5.74) is 1.17. The van der Waals surface area contributed by atoms with Crippen molar-refractivity contribution in [1.82, 2.24) is 10.2 Å². The Kier molecular flexibility index (Phi) is 7.97. The molecule has 0 spiro atoms. The highest BCUT2D eigenvalue weighted by Gasteiger charge is 2.12. The first-order valence-electron chi connectivity index (χ1n) is 7.36. The standard InChI is InChI=1S/C16H27ClN2O/c1-5-19(6-2)10-9-15(18-3)12-13-11-14(17)7-8-16(13)20-4/h7-8,11,15,18H,5-6,9-10,12H2,1-4H3. The second-order valence-corrected chi connectivity index (χ2v) is 5.40. The molecule has 1 N–H and O–H groups in total. The van der Waals surface area contributed by atoms with Crippen molar-refractivity contribution in [2.75, 3.05) is 33.8 Å². The summed E-state index contributed by atoms with van der Waals surface area (Å²) >= 11 is 6.09. The van der Waals surface area contributed by atoms with E-state index in [1.54, 1.807) is 7.11 Å². The maximum atomic E-state index is 6.09. The number of benzene rings is 1. The molecule has 0 bridgehead atoms. The van der Waals surface area contributed by atoms with Crippen LogP contribution in [0.5, 0.6) is 5.75 Å². The summed E-state index contributed by atoms with van der Waals surface area (Å²) in [6, 6.07) is 6.24. The van der Waals surface area contributed by atoms with E-state index in [9.17, 15) is 0 Å². The van der Waals surface area contributed by atoms with Crippen molar-refractivity contribution in [3.05, 3.63) is 28.8 Å². The number of nitrogens with one attached hydrogen (secondary N) is 1. The minimum absolute atomic E-state index is 0.433. The van der Waals surface area contributed by atoms with Crippen LogP contribution in [-0.2, 0) is 6.42 Å². The fourth-order valence-corrected chi connectivity index (χ4v) is 2.59. The number of ether oxygens (including phenoxy) is 1. The van der Waals surface area contributed by atoms with Crippen molar-refractivity contribution >= 4 is 11.6 Å². The van der Waals surface area contributed by atoms with Crippen LogP contribution in [0.3, 0.4) is 0 Å². The Morgan fingerprint density at radius 1 is 1.30 bits per heavy atom. The van der Waals surface area contributed by atoms with E-state index in [1.165, 1.54) is 5.56 Å². The zero-order valence-electron chi connectivity index (χ0n) is 13.1. The number of likely N-dealkylation sites (N-methyl/N-ethyl adjacent to an activating group) is 1. The van der Waals surface area contributed by atoms with Crippen LogP contribution in [0.2, 0.25) is 5.02 Å². The summed E-state index contributed by atoms with van der Waals surface area (Å²) in [6.07, 6.45) is 2.05. The van der Waals surface area contributed by atoms with Crippen molar-refractivity contribution in [3.8, 4) is 5.75 Å². The number of halogens is 1. The first kappa shape index (κ1) is 17.3. The molecule has 1 unspecified atom stereocenters. The van der Waals surface area contributed by atoms with Gasteiger partial charge in [0.15, 0.2) is 0 Å². The second-order valence-electron chi connectivity index (χ2n) is 4.96. The van der Waals surface area contributed by atoms with Crippen molar-refractivity contribution in [1.29, 1.82) is 0 Å². The summed E-state index contributed by atoms with van der Waals surface area (Å²) in [7, 11) is 3.72. The Balaban J connectivity index is 2.66. The molecular formula is C16H27ClN2O. The van der Waals surface area contributed by atoms with Gasteiger partial charge in [0.05, 0.1) is 7.11 Å². The normalized spacial score (nSPS) is 12.7. The van der Waals surface area contributed by atoms with Crippen LogP contribution < -0.4 is 10.1 Å². The predicted molar refractivity (Wildman–Crippen MR) is 87.0 cm³/mol. The van der Waals surface area contributed by atoms with E-state index in [2.05, 4.69) is 24.1 Å². The van der Waals surface area contributed by atoms with Gasteiger partial charge in [-0.3, -0.25) is 0 Å². The highest BCUT2D eigenvalue weighted by molar-refractivity contribution is 6.30. The number of rotatable bonds is 9. The molecule has 1 aromatic rings. The highest BCUT2D eigenvalue weighted by atomic mass is 35.5. The van der Waals surface area contributed by atoms with Crippen LogP contribution in [0.15, 0.2) is 18.2 Å². The zero-order chi connectivity index (χ0) is 15.0. The molecule has 0 heterocycles. The third-order valence-electron chi connectivity index (χ3n) is 3.81. The Bertz CT molecular complexity index is 394. The molecule has 0 fully saturated rings. The van der Waals surface area contributed by atoms with Crippen molar-refractivity contribution < 1.29 is 4.74 Å². The fraction of sp³-hybridized carbons (Fsp3) is 0.625. The summed E-state index contributed by atoms with van der Waals surface area (Å²) < 4.78 is 5.42. The topological polar surface area (TPSA) is 24.5 Å². The van der Waals surface area contributed by atoms with E-state index in [0.29, 0.717) is 6.04 Å². The zero-order valence-corrected chi connectivity index (χ0v) is 13.8. The van der Waals surface area contributed by atoms with Gasteiger partial charge in [0, 0.05) is 11.1 Å². The molecule has 4 heteroatoms. The van der Waals surface area contributed by atoms with E-state index in [-0.39, 0.29) is 0 Å². The monoisotopic (exact) mass is 298 g/mol. The summed E-state index contributed by atoms with van der Waals surface area (Å²) in [5, 5.41) is 4.16. The maximum Gasteiger partial charge on any atom is 0.122 e. The van der Waals surface area contributed by atoms with E-state index in [1.807, 2.05) is 25.2 Å². The highest BCUT2D eigenvalue weighted by Crippen LogP contribution is 2.24. The smallest absolute Gasteiger partial charge is 0.122 e. The van der Waals surface area contributed by atoms with E-state index in [0.717, 1.165) is 43.2 Å². The first-order valence-corrected chi connectivity index (χ1v) is 7.74. The van der Waals surface area contributed by atoms with Crippen LogP contribution >= 0.6 is 11.6 Å². The molecule has 0 amide bonds. The van der Waals surface area contributed by atoms with Gasteiger partial charge in [0.1, 0.15) is 5.75 Å². The van der Waals surface area contributed by atoms with Crippen LogP contribution in [0.25, 0.3) is 0 Å². The molecule has 0 aliphatic carbocycles. The van der Waals surface area contributed by atoms with Gasteiger partial charge in [0.25, 0.3) is 0 Å². The van der Waals surface area contributed by atoms with Crippen molar-refractivity contribution in [2.45, 2.75) is 32.7 Å². The average Bonchev–Trinajstić information content (AvgIpc) is 2.47. The fourth-order valence-electron chi connectivity index (χ4n) is 2.40. The lowest BCUT2D eigenvalue weighted by atomic mass is 10.0. The van der Waals surface area contributed by atoms with Gasteiger partial charge in [-0.1, -0.05) is 25.4 Å². The van der Waals surface area contributed by atoms with Gasteiger partial charge in [-0.05, 0) is 63.3 Å². The molecule has 0 aliphatic rings.